The third-order valence-corrected chi connectivity index (χ3v) is 6.81. The molecule has 7 heteroatoms. The number of benzene rings is 3. The highest BCUT2D eigenvalue weighted by Crippen LogP contribution is 2.38. The minimum Gasteiger partial charge on any atom is -0.452 e. The molecule has 0 saturated heterocycles. The second-order valence-electron chi connectivity index (χ2n) is 8.91. The van der Waals surface area contributed by atoms with Crippen LogP contribution in [0.3, 0.4) is 0 Å². The molecule has 5 nitrogen and oxygen atoms in total. The Hall–Kier alpha value is -4.03. The van der Waals surface area contributed by atoms with Crippen molar-refractivity contribution in [3.05, 3.63) is 112 Å². The van der Waals surface area contributed by atoms with E-state index in [2.05, 4.69) is 5.32 Å². The summed E-state index contributed by atoms with van der Waals surface area (Å²) in [6.07, 6.45) is 2.80. The topological polar surface area (TPSA) is 68.3 Å². The van der Waals surface area contributed by atoms with Crippen LogP contribution in [-0.4, -0.2) is 23.5 Å². The molecule has 0 radical (unpaired) electrons. The highest BCUT2D eigenvalue weighted by Gasteiger charge is 2.28. The van der Waals surface area contributed by atoms with Crippen LogP contribution >= 0.6 is 11.6 Å². The SMILES string of the molecule is C[C@@H](NC(=O)COC(=O)c1c2c(nc3ccccc13)/C(=C/c1c(F)cccc1Cl)CC2)c1ccccc1. The lowest BCUT2D eigenvalue weighted by Crippen LogP contribution is -2.31. The number of aromatic nitrogens is 1. The molecule has 1 aromatic heterocycles. The number of nitrogens with one attached hydrogen (secondary N) is 1. The highest BCUT2D eigenvalue weighted by molar-refractivity contribution is 6.32. The monoisotopic (exact) mass is 514 g/mol. The molecular formula is C30H24ClFN2O3. The fraction of sp³-hybridized carbons (Fsp3) is 0.167. The van der Waals surface area contributed by atoms with Crippen LogP contribution in [0, 0.1) is 5.82 Å². The number of nitrogens with zero attached hydrogens (tertiary/aromatic N) is 1. The number of rotatable bonds is 6. The minimum absolute atomic E-state index is 0.226. The van der Waals surface area contributed by atoms with Crippen molar-refractivity contribution in [3.8, 4) is 0 Å². The summed E-state index contributed by atoms with van der Waals surface area (Å²) in [5, 5.41) is 3.80. The predicted octanol–water partition coefficient (Wildman–Crippen LogP) is 6.55. The quantitative estimate of drug-likeness (QED) is 0.296. The Morgan fingerprint density at radius 2 is 1.81 bits per heavy atom. The van der Waals surface area contributed by atoms with Crippen LogP contribution in [0.1, 0.15) is 52.1 Å². The van der Waals surface area contributed by atoms with Gasteiger partial charge >= 0.3 is 5.97 Å². The number of esters is 1. The average Bonchev–Trinajstić information content (AvgIpc) is 3.30. The second kappa shape index (κ2) is 10.5. The van der Waals surface area contributed by atoms with Gasteiger partial charge in [-0.15, -0.1) is 0 Å². The van der Waals surface area contributed by atoms with Gasteiger partial charge in [0.05, 0.1) is 27.8 Å². The summed E-state index contributed by atoms with van der Waals surface area (Å²) in [7, 11) is 0. The van der Waals surface area contributed by atoms with E-state index in [0.29, 0.717) is 40.0 Å². The molecule has 1 aliphatic carbocycles. The van der Waals surface area contributed by atoms with Crippen molar-refractivity contribution in [2.75, 3.05) is 6.61 Å². The Kier molecular flexibility index (Phi) is 7.01. The van der Waals surface area contributed by atoms with Crippen LogP contribution in [0.15, 0.2) is 72.8 Å². The summed E-state index contributed by atoms with van der Waals surface area (Å²) in [6, 6.07) is 21.1. The molecule has 3 aromatic carbocycles. The number of hydrogen-bond acceptors (Lipinski definition) is 4. The zero-order valence-corrected chi connectivity index (χ0v) is 20.9. The van der Waals surface area contributed by atoms with E-state index in [1.54, 1.807) is 18.2 Å². The molecule has 0 bridgehead atoms. The number of carbonyl (C=O) groups excluding carboxylic acids is 2. The van der Waals surface area contributed by atoms with Crippen molar-refractivity contribution in [1.29, 1.82) is 0 Å². The average molecular weight is 515 g/mol. The molecule has 1 heterocycles. The normalized spacial score (nSPS) is 14.4. The van der Waals surface area contributed by atoms with Gasteiger partial charge in [0, 0.05) is 10.9 Å². The zero-order valence-electron chi connectivity index (χ0n) is 20.1. The lowest BCUT2D eigenvalue weighted by Gasteiger charge is -2.15. The maximum absolute atomic E-state index is 14.5. The number of para-hydroxylation sites is 1. The van der Waals surface area contributed by atoms with Gasteiger partial charge in [-0.3, -0.25) is 4.79 Å². The number of hydrogen-bond donors (Lipinski definition) is 1. The van der Waals surface area contributed by atoms with Crippen molar-refractivity contribution in [1.82, 2.24) is 10.3 Å². The maximum Gasteiger partial charge on any atom is 0.339 e. The van der Waals surface area contributed by atoms with Gasteiger partial charge < -0.3 is 10.1 Å². The van der Waals surface area contributed by atoms with Crippen LogP contribution in [0.4, 0.5) is 4.39 Å². The summed E-state index contributed by atoms with van der Waals surface area (Å²) in [6.45, 7) is 1.46. The van der Waals surface area contributed by atoms with E-state index in [1.165, 1.54) is 6.07 Å². The van der Waals surface area contributed by atoms with Gasteiger partial charge in [0.2, 0.25) is 0 Å². The summed E-state index contributed by atoms with van der Waals surface area (Å²) in [4.78, 5) is 30.6. The molecule has 186 valence electrons. The van der Waals surface area contributed by atoms with Crippen molar-refractivity contribution < 1.29 is 18.7 Å². The van der Waals surface area contributed by atoms with E-state index in [4.69, 9.17) is 21.3 Å². The van der Waals surface area contributed by atoms with Crippen LogP contribution in [0.2, 0.25) is 5.02 Å². The van der Waals surface area contributed by atoms with E-state index >= 15 is 0 Å². The highest BCUT2D eigenvalue weighted by atomic mass is 35.5. The molecule has 1 N–H and O–H groups in total. The summed E-state index contributed by atoms with van der Waals surface area (Å²) in [5.41, 5.74) is 4.36. The Morgan fingerprint density at radius 1 is 1.05 bits per heavy atom. The van der Waals surface area contributed by atoms with E-state index in [0.717, 1.165) is 16.7 Å². The molecule has 37 heavy (non-hydrogen) atoms. The van der Waals surface area contributed by atoms with E-state index in [1.807, 2.05) is 61.5 Å². The number of amides is 1. The number of ether oxygens (including phenoxy) is 1. The first-order chi connectivity index (χ1) is 17.9. The molecule has 1 atom stereocenters. The summed E-state index contributed by atoms with van der Waals surface area (Å²) < 4.78 is 19.9. The predicted molar refractivity (Wildman–Crippen MR) is 143 cm³/mol. The van der Waals surface area contributed by atoms with Crippen LogP contribution < -0.4 is 5.32 Å². The third kappa shape index (κ3) is 5.11. The minimum atomic E-state index is -0.595. The maximum atomic E-state index is 14.5. The number of fused-ring (bicyclic) bond motifs is 2. The third-order valence-electron chi connectivity index (χ3n) is 6.48. The zero-order chi connectivity index (χ0) is 25.9. The van der Waals surface area contributed by atoms with Gasteiger partial charge in [0.1, 0.15) is 5.82 Å². The molecular weight excluding hydrogens is 491 g/mol. The molecule has 0 aliphatic heterocycles. The fourth-order valence-electron chi connectivity index (χ4n) is 4.65. The first kappa shape index (κ1) is 24.7. The number of pyridine rings is 1. The largest absolute Gasteiger partial charge is 0.452 e. The lowest BCUT2D eigenvalue weighted by atomic mass is 10.0. The number of halogens is 2. The number of carbonyl (C=O) groups is 2. The molecule has 0 spiro atoms. The van der Waals surface area contributed by atoms with E-state index in [9.17, 15) is 14.0 Å². The first-order valence-corrected chi connectivity index (χ1v) is 12.4. The smallest absolute Gasteiger partial charge is 0.339 e. The van der Waals surface area contributed by atoms with Crippen molar-refractivity contribution in [2.24, 2.45) is 0 Å². The molecule has 0 unspecified atom stereocenters. The molecule has 1 aliphatic rings. The van der Waals surface area contributed by atoms with E-state index < -0.39 is 24.3 Å². The molecule has 0 saturated carbocycles. The van der Waals surface area contributed by atoms with Gasteiger partial charge in [-0.2, -0.15) is 0 Å². The van der Waals surface area contributed by atoms with Gasteiger partial charge in [-0.1, -0.05) is 66.2 Å². The Bertz CT molecular complexity index is 1510. The molecule has 4 aromatic rings. The number of allylic oxidation sites excluding steroid dienone is 1. The standard InChI is InChI=1S/C30H24ClFN2O3/c1-18(19-8-3-2-4-9-19)33-27(35)17-37-30(36)28-21-10-5-6-13-26(21)34-29-20(14-15-22(28)29)16-23-24(31)11-7-12-25(23)32/h2-13,16,18H,14-15,17H2,1H3,(H,33,35)/b20-16+/t18-/m1/s1. The Balaban J connectivity index is 1.43. The van der Waals surface area contributed by atoms with Gasteiger partial charge in [0.25, 0.3) is 5.91 Å². The summed E-state index contributed by atoms with van der Waals surface area (Å²) >= 11 is 6.24. The van der Waals surface area contributed by atoms with Crippen LogP contribution in [-0.2, 0) is 16.0 Å². The first-order valence-electron chi connectivity index (χ1n) is 12.0. The Labute approximate surface area is 218 Å². The van der Waals surface area contributed by atoms with Gasteiger partial charge in [-0.25, -0.2) is 14.2 Å². The molecule has 1 amide bonds. The molecule has 5 rings (SSSR count). The van der Waals surface area contributed by atoms with Crippen molar-refractivity contribution >= 4 is 46.0 Å². The molecule has 0 fully saturated rings. The van der Waals surface area contributed by atoms with Crippen molar-refractivity contribution in [3.63, 3.8) is 0 Å². The summed E-state index contributed by atoms with van der Waals surface area (Å²) in [5.74, 6) is -1.42. The fourth-order valence-corrected chi connectivity index (χ4v) is 4.86. The Morgan fingerprint density at radius 3 is 2.59 bits per heavy atom. The lowest BCUT2D eigenvalue weighted by molar-refractivity contribution is -0.124. The van der Waals surface area contributed by atoms with Crippen LogP contribution in [0.5, 0.6) is 0 Å². The van der Waals surface area contributed by atoms with Crippen LogP contribution in [0.25, 0.3) is 22.6 Å². The van der Waals surface area contributed by atoms with E-state index in [-0.39, 0.29) is 11.6 Å². The van der Waals surface area contributed by atoms with Gasteiger partial charge in [0.15, 0.2) is 6.61 Å². The second-order valence-corrected chi connectivity index (χ2v) is 9.32. The van der Waals surface area contributed by atoms with Crippen molar-refractivity contribution in [2.45, 2.75) is 25.8 Å². The van der Waals surface area contributed by atoms with Gasteiger partial charge in [-0.05, 0) is 60.7 Å².